The van der Waals surface area contributed by atoms with Crippen molar-refractivity contribution in [3.63, 3.8) is 0 Å². The van der Waals surface area contributed by atoms with E-state index in [-0.39, 0.29) is 5.92 Å². The summed E-state index contributed by atoms with van der Waals surface area (Å²) in [7, 11) is 2.14. The molecule has 6 rings (SSSR count). The Morgan fingerprint density at radius 2 is 1.28 bits per heavy atom. The van der Waals surface area contributed by atoms with Crippen molar-refractivity contribution < 1.29 is 0 Å². The van der Waals surface area contributed by atoms with Crippen LogP contribution < -0.4 is 0 Å². The maximum absolute atomic E-state index is 3.75. The third-order valence-electron chi connectivity index (χ3n) is 6.47. The predicted molar refractivity (Wildman–Crippen MR) is 134 cm³/mol. The maximum Gasteiger partial charge on any atom is 0.0507 e. The molecule has 154 valence electrons. The van der Waals surface area contributed by atoms with Crippen molar-refractivity contribution in [2.45, 2.75) is 5.92 Å². The summed E-state index contributed by atoms with van der Waals surface area (Å²) >= 11 is 0. The first-order valence-electron chi connectivity index (χ1n) is 11.1. The van der Waals surface area contributed by atoms with Crippen molar-refractivity contribution >= 4 is 21.8 Å². The lowest BCUT2D eigenvalue weighted by molar-refractivity contribution is 0.932. The number of aromatic amines is 1. The number of nitrogens with one attached hydrogen (secondary N) is 1. The van der Waals surface area contributed by atoms with E-state index in [0.29, 0.717) is 0 Å². The molecule has 6 aromatic rings. The van der Waals surface area contributed by atoms with Crippen LogP contribution in [0.5, 0.6) is 0 Å². The summed E-state index contributed by atoms with van der Waals surface area (Å²) < 4.78 is 2.25. The topological polar surface area (TPSA) is 20.7 Å². The van der Waals surface area contributed by atoms with E-state index in [1.165, 1.54) is 49.8 Å². The van der Waals surface area contributed by atoms with E-state index in [4.69, 9.17) is 0 Å². The fraction of sp³-hybridized carbons (Fsp3) is 0.0667. The summed E-state index contributed by atoms with van der Waals surface area (Å²) in [6.07, 6.45) is 2.30. The van der Waals surface area contributed by atoms with Gasteiger partial charge in [-0.1, -0.05) is 97.1 Å². The van der Waals surface area contributed by atoms with Gasteiger partial charge >= 0.3 is 0 Å². The molecule has 4 aromatic carbocycles. The van der Waals surface area contributed by atoms with Gasteiger partial charge in [-0.05, 0) is 34.4 Å². The number of fused-ring (bicyclic) bond motifs is 2. The Labute approximate surface area is 187 Å². The molecule has 2 aromatic heterocycles. The zero-order chi connectivity index (χ0) is 21.5. The zero-order valence-electron chi connectivity index (χ0n) is 18.0. The van der Waals surface area contributed by atoms with Gasteiger partial charge in [0.15, 0.2) is 0 Å². The Morgan fingerprint density at radius 3 is 2.06 bits per heavy atom. The van der Waals surface area contributed by atoms with Gasteiger partial charge in [-0.25, -0.2) is 0 Å². The number of aromatic nitrogens is 2. The predicted octanol–water partition coefficient (Wildman–Crippen LogP) is 7.51. The van der Waals surface area contributed by atoms with E-state index in [0.717, 1.165) is 0 Å². The lowest BCUT2D eigenvalue weighted by Crippen LogP contribution is -2.04. The minimum Gasteiger partial charge on any atom is -0.354 e. The van der Waals surface area contributed by atoms with Crippen LogP contribution in [0.4, 0.5) is 0 Å². The molecule has 0 saturated heterocycles. The van der Waals surface area contributed by atoms with Crippen LogP contribution in [-0.4, -0.2) is 9.55 Å². The maximum atomic E-state index is 3.75. The first-order chi connectivity index (χ1) is 15.8. The van der Waals surface area contributed by atoms with Crippen molar-refractivity contribution in [2.24, 2.45) is 7.05 Å². The SMILES string of the molecule is Cn1cc(C(c2ccccc2)c2c(-c3ccccc3)[nH]c3ccccc23)c2ccccc21. The third kappa shape index (κ3) is 2.96. The van der Waals surface area contributed by atoms with Gasteiger partial charge in [0.1, 0.15) is 0 Å². The fourth-order valence-corrected chi connectivity index (χ4v) is 5.05. The van der Waals surface area contributed by atoms with Crippen LogP contribution >= 0.6 is 0 Å². The van der Waals surface area contributed by atoms with Gasteiger partial charge in [0, 0.05) is 41.0 Å². The molecule has 2 heteroatoms. The number of nitrogens with zero attached hydrogens (tertiary/aromatic N) is 1. The molecule has 0 saturated carbocycles. The molecule has 0 spiro atoms. The minimum absolute atomic E-state index is 0.105. The molecular weight excluding hydrogens is 388 g/mol. The second-order valence-corrected chi connectivity index (χ2v) is 8.38. The molecule has 0 amide bonds. The van der Waals surface area contributed by atoms with Crippen molar-refractivity contribution in [2.75, 3.05) is 0 Å². The Balaban J connectivity index is 1.73. The highest BCUT2D eigenvalue weighted by molar-refractivity contribution is 5.94. The smallest absolute Gasteiger partial charge is 0.0507 e. The van der Waals surface area contributed by atoms with Gasteiger partial charge in [-0.15, -0.1) is 0 Å². The van der Waals surface area contributed by atoms with Gasteiger partial charge in [-0.2, -0.15) is 0 Å². The Kier molecular flexibility index (Phi) is 4.43. The van der Waals surface area contributed by atoms with Crippen LogP contribution in [0.25, 0.3) is 33.1 Å². The number of rotatable bonds is 4. The molecule has 0 fully saturated rings. The molecule has 32 heavy (non-hydrogen) atoms. The van der Waals surface area contributed by atoms with Crippen molar-refractivity contribution in [3.05, 3.63) is 132 Å². The Hall–Kier alpha value is -4.04. The van der Waals surface area contributed by atoms with Gasteiger partial charge in [0.05, 0.1) is 5.69 Å². The Morgan fingerprint density at radius 1 is 0.656 bits per heavy atom. The molecule has 0 bridgehead atoms. The Bertz CT molecular complexity index is 1520. The minimum atomic E-state index is 0.105. The summed E-state index contributed by atoms with van der Waals surface area (Å²) in [5.74, 6) is 0.105. The molecule has 2 nitrogen and oxygen atoms in total. The molecule has 0 aliphatic heterocycles. The second-order valence-electron chi connectivity index (χ2n) is 8.38. The van der Waals surface area contributed by atoms with E-state index < -0.39 is 0 Å². The van der Waals surface area contributed by atoms with E-state index >= 15 is 0 Å². The number of benzene rings is 4. The van der Waals surface area contributed by atoms with E-state index in [2.05, 4.69) is 132 Å². The van der Waals surface area contributed by atoms with Crippen LogP contribution in [-0.2, 0) is 7.05 Å². The number of H-pyrrole nitrogens is 1. The van der Waals surface area contributed by atoms with E-state index in [9.17, 15) is 0 Å². The van der Waals surface area contributed by atoms with Crippen molar-refractivity contribution in [3.8, 4) is 11.3 Å². The third-order valence-corrected chi connectivity index (χ3v) is 6.47. The molecular formula is C30H24N2. The molecule has 1 unspecified atom stereocenters. The average molecular weight is 413 g/mol. The molecule has 2 heterocycles. The zero-order valence-corrected chi connectivity index (χ0v) is 18.0. The summed E-state index contributed by atoms with van der Waals surface area (Å²) in [6, 6.07) is 38.9. The average Bonchev–Trinajstić information content (AvgIpc) is 3.40. The molecule has 0 aliphatic carbocycles. The van der Waals surface area contributed by atoms with Crippen molar-refractivity contribution in [1.82, 2.24) is 9.55 Å². The molecule has 0 radical (unpaired) electrons. The first-order valence-corrected chi connectivity index (χ1v) is 11.1. The van der Waals surface area contributed by atoms with Crippen LogP contribution in [0, 0.1) is 0 Å². The van der Waals surface area contributed by atoms with Crippen molar-refractivity contribution in [1.29, 1.82) is 0 Å². The monoisotopic (exact) mass is 412 g/mol. The lowest BCUT2D eigenvalue weighted by Gasteiger charge is -2.20. The van der Waals surface area contributed by atoms with E-state index in [1.54, 1.807) is 0 Å². The fourth-order valence-electron chi connectivity index (χ4n) is 5.05. The van der Waals surface area contributed by atoms with Gasteiger partial charge in [0.2, 0.25) is 0 Å². The molecule has 0 aliphatic rings. The van der Waals surface area contributed by atoms with Crippen LogP contribution in [0.3, 0.4) is 0 Å². The number of aryl methyl sites for hydroxylation is 1. The highest BCUT2D eigenvalue weighted by Gasteiger charge is 2.27. The highest BCUT2D eigenvalue weighted by Crippen LogP contribution is 2.44. The summed E-state index contributed by atoms with van der Waals surface area (Å²) in [5.41, 5.74) is 8.77. The van der Waals surface area contributed by atoms with Crippen LogP contribution in [0.1, 0.15) is 22.6 Å². The molecule has 1 N–H and O–H groups in total. The van der Waals surface area contributed by atoms with E-state index in [1.807, 2.05) is 0 Å². The van der Waals surface area contributed by atoms with Crippen LogP contribution in [0.2, 0.25) is 0 Å². The summed E-state index contributed by atoms with van der Waals surface area (Å²) in [5, 5.41) is 2.57. The molecule has 1 atom stereocenters. The van der Waals surface area contributed by atoms with Gasteiger partial charge < -0.3 is 9.55 Å². The first kappa shape index (κ1) is 18.7. The summed E-state index contributed by atoms with van der Waals surface area (Å²) in [6.45, 7) is 0. The van der Waals surface area contributed by atoms with Gasteiger partial charge in [0.25, 0.3) is 0 Å². The standard InChI is InChI=1S/C30H24N2/c1-32-20-25(23-16-9-11-19-27(23)32)28(21-12-4-2-5-13-21)29-24-17-8-10-18-26(24)31-30(29)22-14-6-3-7-15-22/h2-20,28,31H,1H3. The largest absolute Gasteiger partial charge is 0.354 e. The highest BCUT2D eigenvalue weighted by atomic mass is 14.9. The number of hydrogen-bond acceptors (Lipinski definition) is 0. The second kappa shape index (κ2) is 7.58. The number of para-hydroxylation sites is 2. The quantitative estimate of drug-likeness (QED) is 0.309. The number of hydrogen-bond donors (Lipinski definition) is 1. The summed E-state index contributed by atoms with van der Waals surface area (Å²) in [4.78, 5) is 3.75. The van der Waals surface area contributed by atoms with Gasteiger partial charge in [-0.3, -0.25) is 0 Å². The van der Waals surface area contributed by atoms with Crippen LogP contribution in [0.15, 0.2) is 115 Å². The lowest BCUT2D eigenvalue weighted by atomic mass is 9.82. The normalized spacial score (nSPS) is 12.4.